The van der Waals surface area contributed by atoms with E-state index in [-0.39, 0.29) is 49.1 Å². The summed E-state index contributed by atoms with van der Waals surface area (Å²) in [7, 11) is 0. The Morgan fingerprint density at radius 3 is 2.67 bits per heavy atom. The zero-order chi connectivity index (χ0) is 23.2. The summed E-state index contributed by atoms with van der Waals surface area (Å²) in [6.45, 7) is 0.145. The van der Waals surface area contributed by atoms with Crippen molar-refractivity contribution in [3.05, 3.63) is 70.6 Å². The summed E-state index contributed by atoms with van der Waals surface area (Å²) in [5.41, 5.74) is 0.311. The highest BCUT2D eigenvalue weighted by Crippen LogP contribution is 2.17. The van der Waals surface area contributed by atoms with Gasteiger partial charge in [-0.3, -0.25) is 9.59 Å². The fourth-order valence-corrected chi connectivity index (χ4v) is 3.15. The van der Waals surface area contributed by atoms with Gasteiger partial charge < -0.3 is 20.3 Å². The van der Waals surface area contributed by atoms with E-state index in [2.05, 4.69) is 31.0 Å². The van der Waals surface area contributed by atoms with Crippen molar-refractivity contribution in [3.8, 4) is 11.4 Å². The van der Waals surface area contributed by atoms with Crippen molar-refractivity contribution in [1.29, 1.82) is 0 Å². The van der Waals surface area contributed by atoms with Gasteiger partial charge in [0.15, 0.2) is 5.82 Å². The first kappa shape index (κ1) is 22.1. The minimum atomic E-state index is -0.880. The number of amides is 1. The number of carbonyl (C=O) groups excluding carboxylic acids is 1. The minimum Gasteiger partial charge on any atom is -0.389 e. The van der Waals surface area contributed by atoms with Gasteiger partial charge in [-0.25, -0.2) is 9.49 Å². The van der Waals surface area contributed by atoms with Crippen LogP contribution in [0.4, 0.5) is 10.2 Å². The van der Waals surface area contributed by atoms with E-state index in [4.69, 9.17) is 4.52 Å². The van der Waals surface area contributed by atoms with Crippen LogP contribution in [0.15, 0.2) is 57.8 Å². The van der Waals surface area contributed by atoms with Crippen LogP contribution in [-0.2, 0) is 11.2 Å². The first-order valence-electron chi connectivity index (χ1n) is 10.2. The maximum atomic E-state index is 13.0. The molecule has 2 heterocycles. The topological polar surface area (TPSA) is 146 Å². The standard InChI is InChI=1S/C22H21FN6O4/c23-14-7-5-13(6-8-14)20-26-19(33-29-20)10-9-18(31)24-11-15(30)12-25-21-16-3-1-2-4-17(16)22(32)28-27-21/h1-8,15,30H,9-12H2,(H,24,31)(H,25,27)(H,28,32). The molecule has 1 unspecified atom stereocenters. The number of aryl methyl sites for hydroxylation is 1. The number of H-pyrrole nitrogens is 1. The van der Waals surface area contributed by atoms with E-state index < -0.39 is 6.10 Å². The van der Waals surface area contributed by atoms with Crippen molar-refractivity contribution >= 4 is 22.5 Å². The van der Waals surface area contributed by atoms with Crippen LogP contribution in [-0.4, -0.2) is 50.5 Å². The first-order chi connectivity index (χ1) is 16.0. The van der Waals surface area contributed by atoms with Crippen LogP contribution in [0.25, 0.3) is 22.2 Å². The summed E-state index contributed by atoms with van der Waals surface area (Å²) >= 11 is 0. The van der Waals surface area contributed by atoms with Gasteiger partial charge in [0, 0.05) is 36.9 Å². The molecule has 0 saturated carbocycles. The largest absolute Gasteiger partial charge is 0.389 e. The Bertz CT molecular complexity index is 1300. The van der Waals surface area contributed by atoms with Crippen LogP contribution in [0, 0.1) is 5.82 Å². The van der Waals surface area contributed by atoms with Gasteiger partial charge in [-0.1, -0.05) is 23.4 Å². The predicted octanol–water partition coefficient (Wildman–Crippen LogP) is 1.63. The molecule has 4 rings (SSSR count). The Kier molecular flexibility index (Phi) is 6.69. The van der Waals surface area contributed by atoms with Crippen molar-refractivity contribution in [2.24, 2.45) is 0 Å². The lowest BCUT2D eigenvalue weighted by atomic mass is 10.2. The summed E-state index contributed by atoms with van der Waals surface area (Å²) in [4.78, 5) is 28.1. The monoisotopic (exact) mass is 452 g/mol. The normalized spacial score (nSPS) is 11.9. The van der Waals surface area contributed by atoms with Crippen LogP contribution in [0.2, 0.25) is 0 Å². The molecule has 0 bridgehead atoms. The van der Waals surface area contributed by atoms with E-state index in [1.165, 1.54) is 24.3 Å². The molecule has 1 atom stereocenters. The number of carbonyl (C=O) groups is 1. The Labute approximate surface area is 186 Å². The van der Waals surface area contributed by atoms with Gasteiger partial charge in [-0.15, -0.1) is 0 Å². The van der Waals surface area contributed by atoms with Gasteiger partial charge in [0.25, 0.3) is 5.56 Å². The molecule has 2 aromatic carbocycles. The van der Waals surface area contributed by atoms with Gasteiger partial charge in [0.05, 0.1) is 11.5 Å². The van der Waals surface area contributed by atoms with Crippen LogP contribution in [0.1, 0.15) is 12.3 Å². The number of aromatic nitrogens is 4. The Morgan fingerprint density at radius 2 is 1.88 bits per heavy atom. The molecule has 4 aromatic rings. The molecule has 0 aliphatic rings. The number of nitrogens with zero attached hydrogens (tertiary/aromatic N) is 3. The molecule has 10 nitrogen and oxygen atoms in total. The molecule has 0 saturated heterocycles. The third-order valence-electron chi connectivity index (χ3n) is 4.87. The number of anilines is 1. The van der Waals surface area contributed by atoms with Crippen molar-refractivity contribution in [1.82, 2.24) is 25.7 Å². The van der Waals surface area contributed by atoms with Crippen molar-refractivity contribution in [2.75, 3.05) is 18.4 Å². The molecule has 4 N–H and O–H groups in total. The quantitative estimate of drug-likeness (QED) is 0.300. The first-order valence-corrected chi connectivity index (χ1v) is 10.2. The number of halogens is 1. The second-order valence-corrected chi connectivity index (χ2v) is 7.30. The predicted molar refractivity (Wildman–Crippen MR) is 118 cm³/mol. The van der Waals surface area contributed by atoms with E-state index in [1.54, 1.807) is 24.3 Å². The Hall–Kier alpha value is -4.12. The number of hydrogen-bond donors (Lipinski definition) is 4. The molecular formula is C22H21FN6O4. The minimum absolute atomic E-state index is 0.0256. The van der Waals surface area contributed by atoms with Gasteiger partial charge in [-0.05, 0) is 30.3 Å². The van der Waals surface area contributed by atoms with Crippen molar-refractivity contribution in [3.63, 3.8) is 0 Å². The molecule has 170 valence electrons. The molecule has 0 radical (unpaired) electrons. The van der Waals surface area contributed by atoms with Crippen LogP contribution in [0.3, 0.4) is 0 Å². The van der Waals surface area contributed by atoms with Gasteiger partial charge in [-0.2, -0.15) is 10.1 Å². The van der Waals surface area contributed by atoms with Gasteiger partial charge in [0.1, 0.15) is 5.82 Å². The lowest BCUT2D eigenvalue weighted by Gasteiger charge is -2.14. The van der Waals surface area contributed by atoms with E-state index >= 15 is 0 Å². The van der Waals surface area contributed by atoms with E-state index in [9.17, 15) is 19.1 Å². The van der Waals surface area contributed by atoms with Crippen LogP contribution < -0.4 is 16.2 Å². The summed E-state index contributed by atoms with van der Waals surface area (Å²) in [5, 5.41) is 27.1. The summed E-state index contributed by atoms with van der Waals surface area (Å²) in [6, 6.07) is 12.7. The van der Waals surface area contributed by atoms with E-state index in [1.807, 2.05) is 0 Å². The zero-order valence-corrected chi connectivity index (χ0v) is 17.4. The summed E-state index contributed by atoms with van der Waals surface area (Å²) in [6.07, 6.45) is -0.561. The molecular weight excluding hydrogens is 431 g/mol. The molecule has 1 amide bonds. The second-order valence-electron chi connectivity index (χ2n) is 7.30. The third kappa shape index (κ3) is 5.57. The highest BCUT2D eigenvalue weighted by Gasteiger charge is 2.13. The smallest absolute Gasteiger partial charge is 0.272 e. The number of benzene rings is 2. The molecule has 0 aliphatic heterocycles. The average molecular weight is 452 g/mol. The molecule has 33 heavy (non-hydrogen) atoms. The zero-order valence-electron chi connectivity index (χ0n) is 17.4. The Balaban J connectivity index is 1.22. The molecule has 0 spiro atoms. The number of aliphatic hydroxyl groups excluding tert-OH is 1. The number of hydrogen-bond acceptors (Lipinski definition) is 8. The summed E-state index contributed by atoms with van der Waals surface area (Å²) < 4.78 is 18.1. The number of fused-ring (bicyclic) bond motifs is 1. The SMILES string of the molecule is O=C(CCc1nc(-c2ccc(F)cc2)no1)NCC(O)CNc1n[nH]c(=O)c2ccccc12. The van der Waals surface area contributed by atoms with E-state index in [0.717, 1.165) is 0 Å². The number of rotatable bonds is 9. The summed E-state index contributed by atoms with van der Waals surface area (Å²) in [5.74, 6) is 0.380. The highest BCUT2D eigenvalue weighted by atomic mass is 19.1. The fourth-order valence-electron chi connectivity index (χ4n) is 3.15. The van der Waals surface area contributed by atoms with Gasteiger partial charge >= 0.3 is 0 Å². The number of aromatic amines is 1. The van der Waals surface area contributed by atoms with E-state index in [0.29, 0.717) is 28.0 Å². The van der Waals surface area contributed by atoms with Crippen molar-refractivity contribution < 1.29 is 18.8 Å². The fraction of sp³-hybridized carbons (Fsp3) is 0.227. The maximum Gasteiger partial charge on any atom is 0.272 e. The molecule has 0 aliphatic carbocycles. The molecule has 2 aromatic heterocycles. The molecule has 0 fully saturated rings. The number of aliphatic hydroxyl groups is 1. The maximum absolute atomic E-state index is 13.0. The average Bonchev–Trinajstić information content (AvgIpc) is 3.31. The highest BCUT2D eigenvalue weighted by molar-refractivity contribution is 5.90. The Morgan fingerprint density at radius 1 is 1.12 bits per heavy atom. The van der Waals surface area contributed by atoms with Gasteiger partial charge in [0.2, 0.25) is 17.6 Å². The van der Waals surface area contributed by atoms with Crippen molar-refractivity contribution in [2.45, 2.75) is 18.9 Å². The number of nitrogens with one attached hydrogen (secondary N) is 3. The lowest BCUT2D eigenvalue weighted by molar-refractivity contribution is -0.121. The van der Waals surface area contributed by atoms with Crippen LogP contribution >= 0.6 is 0 Å². The lowest BCUT2D eigenvalue weighted by Crippen LogP contribution is -2.36. The second kappa shape index (κ2) is 10.0. The van der Waals surface area contributed by atoms with Crippen LogP contribution in [0.5, 0.6) is 0 Å². The molecule has 11 heteroatoms. The third-order valence-corrected chi connectivity index (χ3v) is 4.87.